The predicted molar refractivity (Wildman–Crippen MR) is 67.3 cm³/mol. The second kappa shape index (κ2) is 5.90. The highest BCUT2D eigenvalue weighted by Crippen LogP contribution is 2.35. The molecule has 6 heteroatoms. The van der Waals surface area contributed by atoms with E-state index in [0.717, 1.165) is 0 Å². The number of benzene rings is 1. The second-order valence-corrected chi connectivity index (χ2v) is 4.21. The Kier molecular flexibility index (Phi) is 4.24. The maximum atomic E-state index is 11.5. The van der Waals surface area contributed by atoms with Gasteiger partial charge in [-0.2, -0.15) is 0 Å². The van der Waals surface area contributed by atoms with E-state index in [9.17, 15) is 9.90 Å². The molecule has 1 unspecified atom stereocenters. The second-order valence-electron chi connectivity index (χ2n) is 4.21. The summed E-state index contributed by atoms with van der Waals surface area (Å²) in [5, 5.41) is 18.4. The van der Waals surface area contributed by atoms with Gasteiger partial charge in [-0.1, -0.05) is 13.0 Å². The maximum Gasteiger partial charge on any atom is 0.325 e. The van der Waals surface area contributed by atoms with Crippen molar-refractivity contribution in [3.63, 3.8) is 0 Å². The van der Waals surface area contributed by atoms with E-state index < -0.39 is 12.0 Å². The molecule has 1 aromatic carbocycles. The minimum Gasteiger partial charge on any atom is -0.480 e. The first-order chi connectivity index (χ1) is 9.17. The number of hydrogen-bond donors (Lipinski definition) is 2. The maximum absolute atomic E-state index is 11.5. The van der Waals surface area contributed by atoms with Crippen LogP contribution in [0.4, 0.5) is 0 Å². The van der Waals surface area contributed by atoms with Crippen molar-refractivity contribution in [1.29, 1.82) is 0 Å². The Balaban J connectivity index is 2.30. The smallest absolute Gasteiger partial charge is 0.325 e. The summed E-state index contributed by atoms with van der Waals surface area (Å²) in [6.07, 6.45) is 0. The van der Waals surface area contributed by atoms with Gasteiger partial charge >= 0.3 is 5.97 Å². The molecule has 0 bridgehead atoms. The van der Waals surface area contributed by atoms with E-state index >= 15 is 0 Å². The number of aliphatic carboxylic acids is 1. The summed E-state index contributed by atoms with van der Waals surface area (Å²) >= 11 is 0. The number of carboxylic acid groups (broad SMARTS) is 1. The zero-order chi connectivity index (χ0) is 13.8. The van der Waals surface area contributed by atoms with E-state index in [1.54, 1.807) is 23.1 Å². The molecule has 1 aliphatic heterocycles. The van der Waals surface area contributed by atoms with Crippen LogP contribution in [0.3, 0.4) is 0 Å². The first-order valence-electron chi connectivity index (χ1n) is 6.14. The van der Waals surface area contributed by atoms with Crippen LogP contribution in [0, 0.1) is 0 Å². The Labute approximate surface area is 111 Å². The molecule has 1 aromatic rings. The molecule has 0 radical (unpaired) electrons. The molecule has 6 nitrogen and oxygen atoms in total. The number of aliphatic hydroxyl groups excluding tert-OH is 1. The number of carboxylic acids is 1. The van der Waals surface area contributed by atoms with Crippen LogP contribution in [0.2, 0.25) is 0 Å². The van der Waals surface area contributed by atoms with E-state index in [1.165, 1.54) is 0 Å². The molecule has 2 N–H and O–H groups in total. The number of rotatable bonds is 6. The van der Waals surface area contributed by atoms with Crippen LogP contribution in [-0.2, 0) is 4.79 Å². The van der Waals surface area contributed by atoms with Crippen LogP contribution in [0.25, 0.3) is 0 Å². The van der Waals surface area contributed by atoms with Gasteiger partial charge in [0.25, 0.3) is 0 Å². The first kappa shape index (κ1) is 13.6. The molecular weight excluding hydrogens is 250 g/mol. The van der Waals surface area contributed by atoms with E-state index in [2.05, 4.69) is 0 Å². The first-order valence-corrected chi connectivity index (χ1v) is 6.14. The molecule has 1 heterocycles. The normalized spacial score (nSPS) is 14.7. The monoisotopic (exact) mass is 267 g/mol. The Morgan fingerprint density at radius 2 is 2.16 bits per heavy atom. The fourth-order valence-electron chi connectivity index (χ4n) is 2.19. The molecule has 2 rings (SSSR count). The van der Waals surface area contributed by atoms with Crippen molar-refractivity contribution in [2.75, 3.05) is 26.5 Å². The molecule has 1 atom stereocenters. The van der Waals surface area contributed by atoms with Gasteiger partial charge in [0, 0.05) is 6.54 Å². The Morgan fingerprint density at radius 1 is 1.42 bits per heavy atom. The zero-order valence-electron chi connectivity index (χ0n) is 10.7. The van der Waals surface area contributed by atoms with Gasteiger partial charge < -0.3 is 19.7 Å². The zero-order valence-corrected chi connectivity index (χ0v) is 10.7. The third kappa shape index (κ3) is 2.80. The largest absolute Gasteiger partial charge is 0.480 e. The lowest BCUT2D eigenvalue weighted by atomic mass is 10.0. The van der Waals surface area contributed by atoms with Gasteiger partial charge in [-0.15, -0.1) is 0 Å². The van der Waals surface area contributed by atoms with Crippen molar-refractivity contribution in [1.82, 2.24) is 4.90 Å². The topological polar surface area (TPSA) is 79.2 Å². The van der Waals surface area contributed by atoms with Gasteiger partial charge in [-0.3, -0.25) is 9.69 Å². The number of nitrogens with zero attached hydrogens (tertiary/aromatic N) is 1. The van der Waals surface area contributed by atoms with Gasteiger partial charge in [0.15, 0.2) is 11.5 Å². The molecule has 0 aliphatic carbocycles. The lowest BCUT2D eigenvalue weighted by Gasteiger charge is -2.27. The van der Waals surface area contributed by atoms with Crippen LogP contribution in [0.15, 0.2) is 18.2 Å². The Morgan fingerprint density at radius 3 is 2.79 bits per heavy atom. The summed E-state index contributed by atoms with van der Waals surface area (Å²) in [6, 6.07) is 4.31. The van der Waals surface area contributed by atoms with Crippen molar-refractivity contribution >= 4 is 5.97 Å². The van der Waals surface area contributed by atoms with E-state index in [0.29, 0.717) is 30.2 Å². The minimum atomic E-state index is -0.950. The standard InChI is InChI=1S/C13H17NO5/c1-2-14(5-6-15)12(13(16)17)9-3-4-10-11(7-9)19-8-18-10/h3-4,7,12,15H,2,5-6,8H2,1H3,(H,16,17). The lowest BCUT2D eigenvalue weighted by molar-refractivity contribution is -0.143. The molecule has 0 saturated carbocycles. The Hall–Kier alpha value is -1.79. The van der Waals surface area contributed by atoms with Crippen molar-refractivity contribution in [2.24, 2.45) is 0 Å². The fraction of sp³-hybridized carbons (Fsp3) is 0.462. The molecule has 0 amide bonds. The molecule has 0 fully saturated rings. The van der Waals surface area contributed by atoms with Crippen molar-refractivity contribution in [3.05, 3.63) is 23.8 Å². The third-order valence-corrected chi connectivity index (χ3v) is 3.10. The third-order valence-electron chi connectivity index (χ3n) is 3.10. The SMILES string of the molecule is CCN(CCO)C(C(=O)O)c1ccc2c(c1)OCO2. The van der Waals surface area contributed by atoms with E-state index in [1.807, 2.05) is 6.92 Å². The highest BCUT2D eigenvalue weighted by molar-refractivity contribution is 5.76. The molecule has 19 heavy (non-hydrogen) atoms. The van der Waals surface area contributed by atoms with Crippen molar-refractivity contribution < 1.29 is 24.5 Å². The van der Waals surface area contributed by atoms with Gasteiger partial charge in [0.2, 0.25) is 6.79 Å². The van der Waals surface area contributed by atoms with Gasteiger partial charge in [0.05, 0.1) is 6.61 Å². The number of likely N-dealkylation sites (N-methyl/N-ethyl adjacent to an activating group) is 1. The van der Waals surface area contributed by atoms with Gasteiger partial charge in [-0.25, -0.2) is 0 Å². The van der Waals surface area contributed by atoms with Crippen LogP contribution >= 0.6 is 0 Å². The molecule has 0 saturated heterocycles. The number of fused-ring (bicyclic) bond motifs is 1. The molecule has 104 valence electrons. The highest BCUT2D eigenvalue weighted by atomic mass is 16.7. The van der Waals surface area contributed by atoms with Gasteiger partial charge in [-0.05, 0) is 24.2 Å². The number of ether oxygens (including phenoxy) is 2. The number of hydrogen-bond acceptors (Lipinski definition) is 5. The molecule has 0 spiro atoms. The summed E-state index contributed by atoms with van der Waals surface area (Å²) in [7, 11) is 0. The quantitative estimate of drug-likeness (QED) is 0.795. The van der Waals surface area contributed by atoms with Crippen LogP contribution in [-0.4, -0.2) is 47.6 Å². The summed E-state index contributed by atoms with van der Waals surface area (Å²) in [6.45, 7) is 2.78. The lowest BCUT2D eigenvalue weighted by Crippen LogP contribution is -2.36. The van der Waals surface area contributed by atoms with Crippen LogP contribution in [0.5, 0.6) is 11.5 Å². The summed E-state index contributed by atoms with van der Waals surface area (Å²) < 4.78 is 10.5. The highest BCUT2D eigenvalue weighted by Gasteiger charge is 2.27. The molecule has 0 aromatic heterocycles. The summed E-state index contributed by atoms with van der Waals surface area (Å²) in [5.41, 5.74) is 0.618. The average molecular weight is 267 g/mol. The fourth-order valence-corrected chi connectivity index (χ4v) is 2.19. The van der Waals surface area contributed by atoms with Crippen LogP contribution < -0.4 is 9.47 Å². The van der Waals surface area contributed by atoms with Gasteiger partial charge in [0.1, 0.15) is 6.04 Å². The van der Waals surface area contributed by atoms with Crippen LogP contribution in [0.1, 0.15) is 18.5 Å². The summed E-state index contributed by atoms with van der Waals surface area (Å²) in [5.74, 6) is 0.232. The Bertz CT molecular complexity index is 462. The van der Waals surface area contributed by atoms with Crippen molar-refractivity contribution in [3.8, 4) is 11.5 Å². The molecule has 1 aliphatic rings. The van der Waals surface area contributed by atoms with Crippen molar-refractivity contribution in [2.45, 2.75) is 13.0 Å². The minimum absolute atomic E-state index is 0.0812. The molecular formula is C13H17NO5. The average Bonchev–Trinajstić information content (AvgIpc) is 2.85. The number of carbonyl (C=O) groups is 1. The number of aliphatic hydroxyl groups is 1. The van der Waals surface area contributed by atoms with E-state index in [-0.39, 0.29) is 13.4 Å². The predicted octanol–water partition coefficient (Wildman–Crippen LogP) is 0.855. The summed E-state index contributed by atoms with van der Waals surface area (Å²) in [4.78, 5) is 13.2. The van der Waals surface area contributed by atoms with E-state index in [4.69, 9.17) is 14.6 Å².